The summed E-state index contributed by atoms with van der Waals surface area (Å²) in [5.41, 5.74) is 3.35. The minimum absolute atomic E-state index is 0.0520. The minimum atomic E-state index is -0.0520. The highest BCUT2D eigenvalue weighted by atomic mass is 79.9. The zero-order chi connectivity index (χ0) is 17.8. The Labute approximate surface area is 156 Å². The van der Waals surface area contributed by atoms with Crippen molar-refractivity contribution in [2.45, 2.75) is 26.7 Å². The van der Waals surface area contributed by atoms with E-state index in [9.17, 15) is 4.79 Å². The van der Waals surface area contributed by atoms with Crippen LogP contribution in [0.5, 0.6) is 0 Å². The largest absolute Gasteiger partial charge is 0.379 e. The molecule has 0 atom stereocenters. The molecule has 1 saturated heterocycles. The molecule has 1 aliphatic rings. The molecule has 1 N–H and O–H groups in total. The Morgan fingerprint density at radius 3 is 2.88 bits per heavy atom. The van der Waals surface area contributed by atoms with Gasteiger partial charge in [-0.05, 0) is 53.9 Å². The number of nitrogens with zero attached hydrogens (tertiary/aromatic N) is 3. The number of rotatable bonds is 6. The first-order chi connectivity index (χ1) is 12.1. The van der Waals surface area contributed by atoms with Gasteiger partial charge in [0.15, 0.2) is 5.65 Å². The zero-order valence-electron chi connectivity index (χ0n) is 14.8. The number of hydrogen-bond acceptors (Lipinski definition) is 4. The van der Waals surface area contributed by atoms with E-state index in [1.54, 1.807) is 0 Å². The summed E-state index contributed by atoms with van der Waals surface area (Å²) in [7, 11) is 0. The molecule has 0 bridgehead atoms. The van der Waals surface area contributed by atoms with E-state index in [1.165, 1.54) is 0 Å². The van der Waals surface area contributed by atoms with Crippen molar-refractivity contribution < 1.29 is 9.53 Å². The highest BCUT2D eigenvalue weighted by molar-refractivity contribution is 9.10. The van der Waals surface area contributed by atoms with Gasteiger partial charge in [0.2, 0.25) is 0 Å². The first-order valence-corrected chi connectivity index (χ1v) is 9.65. The third-order valence-corrected chi connectivity index (χ3v) is 5.06. The van der Waals surface area contributed by atoms with E-state index in [4.69, 9.17) is 4.74 Å². The van der Waals surface area contributed by atoms with E-state index < -0.39 is 0 Å². The van der Waals surface area contributed by atoms with Crippen LogP contribution in [0.4, 0.5) is 0 Å². The molecule has 6 nitrogen and oxygen atoms in total. The number of carbonyl (C=O) groups excluding carboxylic acids is 1. The van der Waals surface area contributed by atoms with Crippen molar-refractivity contribution in [3.63, 3.8) is 0 Å². The fourth-order valence-corrected chi connectivity index (χ4v) is 3.82. The number of pyridine rings is 1. The summed E-state index contributed by atoms with van der Waals surface area (Å²) in [5, 5.41) is 3.06. The van der Waals surface area contributed by atoms with Crippen LogP contribution in [-0.4, -0.2) is 59.6 Å². The number of aromatic nitrogens is 2. The van der Waals surface area contributed by atoms with Crippen molar-refractivity contribution in [1.82, 2.24) is 19.6 Å². The van der Waals surface area contributed by atoms with Crippen LogP contribution in [0.25, 0.3) is 5.65 Å². The second-order valence-electron chi connectivity index (χ2n) is 6.38. The number of imidazole rings is 1. The molecule has 0 radical (unpaired) electrons. The van der Waals surface area contributed by atoms with E-state index in [0.29, 0.717) is 12.2 Å². The summed E-state index contributed by atoms with van der Waals surface area (Å²) in [4.78, 5) is 19.8. The Balaban J connectivity index is 1.66. The smallest absolute Gasteiger partial charge is 0.270 e. The Morgan fingerprint density at radius 2 is 2.16 bits per heavy atom. The number of ether oxygens (including phenoxy) is 1. The second-order valence-corrected chi connectivity index (χ2v) is 7.24. The van der Waals surface area contributed by atoms with Crippen LogP contribution in [0.2, 0.25) is 0 Å². The standard InChI is InChI=1S/C18H25BrN4O2/c1-3-15-16(23-12-13(2)11-14(19)17(23)21-15)18(24)20-5-4-6-22-7-9-25-10-8-22/h11-12H,3-10H2,1-2H3,(H,20,24). The van der Waals surface area contributed by atoms with Crippen molar-refractivity contribution in [2.24, 2.45) is 0 Å². The summed E-state index contributed by atoms with van der Waals surface area (Å²) in [6.07, 6.45) is 3.63. The van der Waals surface area contributed by atoms with Crippen LogP contribution >= 0.6 is 15.9 Å². The average molecular weight is 409 g/mol. The highest BCUT2D eigenvalue weighted by Gasteiger charge is 2.19. The van der Waals surface area contributed by atoms with Gasteiger partial charge in [-0.25, -0.2) is 4.98 Å². The molecule has 0 unspecified atom stereocenters. The number of morpholine rings is 1. The lowest BCUT2D eigenvalue weighted by molar-refractivity contribution is 0.0374. The third kappa shape index (κ3) is 4.22. The lowest BCUT2D eigenvalue weighted by Crippen LogP contribution is -2.38. The van der Waals surface area contributed by atoms with E-state index in [1.807, 2.05) is 30.5 Å². The second kappa shape index (κ2) is 8.29. The van der Waals surface area contributed by atoms with Crippen molar-refractivity contribution in [2.75, 3.05) is 39.4 Å². The molecule has 25 heavy (non-hydrogen) atoms. The van der Waals surface area contributed by atoms with Crippen molar-refractivity contribution in [1.29, 1.82) is 0 Å². The summed E-state index contributed by atoms with van der Waals surface area (Å²) < 4.78 is 8.16. The predicted molar refractivity (Wildman–Crippen MR) is 101 cm³/mol. The van der Waals surface area contributed by atoms with Gasteiger partial charge < -0.3 is 10.1 Å². The van der Waals surface area contributed by atoms with Gasteiger partial charge in [-0.2, -0.15) is 0 Å². The van der Waals surface area contributed by atoms with Gasteiger partial charge in [0.05, 0.1) is 23.4 Å². The summed E-state index contributed by atoms with van der Waals surface area (Å²) >= 11 is 3.55. The molecule has 136 valence electrons. The Bertz CT molecular complexity index is 753. The maximum atomic E-state index is 12.8. The van der Waals surface area contributed by atoms with Crippen LogP contribution in [0.1, 0.15) is 35.1 Å². The Hall–Kier alpha value is -1.44. The number of nitrogens with one attached hydrogen (secondary N) is 1. The predicted octanol–water partition coefficient (Wildman–Crippen LogP) is 2.42. The van der Waals surface area contributed by atoms with Crippen molar-refractivity contribution >= 4 is 27.5 Å². The topological polar surface area (TPSA) is 58.9 Å². The lowest BCUT2D eigenvalue weighted by Gasteiger charge is -2.26. The monoisotopic (exact) mass is 408 g/mol. The first-order valence-electron chi connectivity index (χ1n) is 8.85. The van der Waals surface area contributed by atoms with Crippen LogP contribution < -0.4 is 5.32 Å². The van der Waals surface area contributed by atoms with Gasteiger partial charge in [0, 0.05) is 25.8 Å². The van der Waals surface area contributed by atoms with Gasteiger partial charge in [-0.15, -0.1) is 0 Å². The molecular weight excluding hydrogens is 384 g/mol. The number of aryl methyl sites for hydroxylation is 2. The number of hydrogen-bond donors (Lipinski definition) is 1. The van der Waals surface area contributed by atoms with Gasteiger partial charge in [0.1, 0.15) is 5.69 Å². The van der Waals surface area contributed by atoms with E-state index in [-0.39, 0.29) is 5.91 Å². The fraction of sp³-hybridized carbons (Fsp3) is 0.556. The molecule has 7 heteroatoms. The molecule has 2 aromatic heterocycles. The van der Waals surface area contributed by atoms with Crippen LogP contribution in [0.3, 0.4) is 0 Å². The molecule has 2 aromatic rings. The molecule has 3 heterocycles. The van der Waals surface area contributed by atoms with Crippen LogP contribution in [-0.2, 0) is 11.2 Å². The fourth-order valence-electron chi connectivity index (χ4n) is 3.18. The van der Waals surface area contributed by atoms with Crippen molar-refractivity contribution in [3.05, 3.63) is 33.7 Å². The van der Waals surface area contributed by atoms with Gasteiger partial charge in [-0.3, -0.25) is 14.1 Å². The number of amides is 1. The summed E-state index contributed by atoms with van der Waals surface area (Å²) in [6.45, 7) is 9.27. The molecule has 0 aliphatic carbocycles. The third-order valence-electron chi connectivity index (χ3n) is 4.47. The average Bonchev–Trinajstić information content (AvgIpc) is 2.98. The Morgan fingerprint density at radius 1 is 1.40 bits per heavy atom. The van der Waals surface area contributed by atoms with E-state index in [2.05, 4.69) is 31.1 Å². The maximum absolute atomic E-state index is 12.8. The van der Waals surface area contributed by atoms with Gasteiger partial charge in [-0.1, -0.05) is 6.92 Å². The highest BCUT2D eigenvalue weighted by Crippen LogP contribution is 2.23. The number of fused-ring (bicyclic) bond motifs is 1. The zero-order valence-corrected chi connectivity index (χ0v) is 16.4. The van der Waals surface area contributed by atoms with E-state index in [0.717, 1.165) is 67.1 Å². The summed E-state index contributed by atoms with van der Waals surface area (Å²) in [6, 6.07) is 2.02. The van der Waals surface area contributed by atoms with Gasteiger partial charge in [0.25, 0.3) is 5.91 Å². The van der Waals surface area contributed by atoms with E-state index >= 15 is 0 Å². The molecule has 0 saturated carbocycles. The SMILES string of the molecule is CCc1nc2c(Br)cc(C)cn2c1C(=O)NCCCN1CCOCC1. The molecule has 1 fully saturated rings. The number of carbonyl (C=O) groups is 1. The molecule has 1 aliphatic heterocycles. The first kappa shape index (κ1) is 18.4. The van der Waals surface area contributed by atoms with Crippen molar-refractivity contribution in [3.8, 4) is 0 Å². The quantitative estimate of drug-likeness (QED) is 0.745. The molecule has 0 aromatic carbocycles. The Kier molecular flexibility index (Phi) is 6.09. The molecular formula is C18H25BrN4O2. The molecule has 3 rings (SSSR count). The van der Waals surface area contributed by atoms with Crippen LogP contribution in [0, 0.1) is 6.92 Å². The maximum Gasteiger partial charge on any atom is 0.270 e. The lowest BCUT2D eigenvalue weighted by atomic mass is 10.2. The van der Waals surface area contributed by atoms with Gasteiger partial charge >= 0.3 is 0 Å². The molecule has 0 spiro atoms. The number of halogens is 1. The summed E-state index contributed by atoms with van der Waals surface area (Å²) in [5.74, 6) is -0.0520. The molecule has 1 amide bonds. The van der Waals surface area contributed by atoms with Crippen LogP contribution in [0.15, 0.2) is 16.7 Å². The minimum Gasteiger partial charge on any atom is -0.379 e. The normalized spacial score (nSPS) is 15.6.